The van der Waals surface area contributed by atoms with E-state index in [1.165, 1.54) is 16.4 Å². The molecule has 26 heavy (non-hydrogen) atoms. The molecule has 1 fully saturated rings. The van der Waals surface area contributed by atoms with Crippen LogP contribution < -0.4 is 15.8 Å². The highest BCUT2D eigenvalue weighted by molar-refractivity contribution is 7.27. The molecule has 2 heterocycles. The van der Waals surface area contributed by atoms with Crippen LogP contribution in [0.5, 0.6) is 0 Å². The number of hydrogen-bond donors (Lipinski definition) is 0. The summed E-state index contributed by atoms with van der Waals surface area (Å²) < 4.78 is 1.73. The predicted octanol–water partition coefficient (Wildman–Crippen LogP) is 4.49. The van der Waals surface area contributed by atoms with Gasteiger partial charge in [0.05, 0.1) is 5.69 Å². The van der Waals surface area contributed by atoms with Crippen LogP contribution in [0.3, 0.4) is 0 Å². The third-order valence-corrected chi connectivity index (χ3v) is 6.21. The Morgan fingerprint density at radius 2 is 1.96 bits per heavy atom. The molecule has 1 unspecified atom stereocenters. The number of rotatable bonds is 5. The number of aromatic nitrogens is 1. The Labute approximate surface area is 163 Å². The summed E-state index contributed by atoms with van der Waals surface area (Å²) in [6.07, 6.45) is 6.12. The molecule has 3 nitrogen and oxygen atoms in total. The molecule has 1 aromatic carbocycles. The zero-order chi connectivity index (χ0) is 18.7. The summed E-state index contributed by atoms with van der Waals surface area (Å²) in [7, 11) is 2.88. The second-order valence-corrected chi connectivity index (χ2v) is 8.26. The first-order chi connectivity index (χ1) is 12.5. The molecular weight excluding hydrogens is 363 g/mol. The van der Waals surface area contributed by atoms with Gasteiger partial charge in [-0.3, -0.25) is 4.79 Å². The number of piperidine rings is 1. The van der Waals surface area contributed by atoms with Crippen molar-refractivity contribution >= 4 is 31.8 Å². The van der Waals surface area contributed by atoms with Crippen molar-refractivity contribution in [3.8, 4) is 0 Å². The normalized spacial score (nSPS) is 15.5. The minimum absolute atomic E-state index is 0.0643. The third kappa shape index (κ3) is 4.15. The molecule has 0 saturated carbocycles. The van der Waals surface area contributed by atoms with Crippen LogP contribution in [-0.2, 0) is 6.54 Å². The zero-order valence-corrected chi connectivity index (χ0v) is 17.6. The molecule has 0 spiro atoms. The molecule has 0 bridgehead atoms. The van der Waals surface area contributed by atoms with Gasteiger partial charge >= 0.3 is 0 Å². The molecule has 0 amide bonds. The number of aryl methyl sites for hydroxylation is 2. The third-order valence-electron chi connectivity index (χ3n) is 5.36. The predicted molar refractivity (Wildman–Crippen MR) is 115 cm³/mol. The Morgan fingerprint density at radius 3 is 2.62 bits per heavy atom. The maximum absolute atomic E-state index is 12.5. The van der Waals surface area contributed by atoms with Crippen LogP contribution in [0.15, 0.2) is 35.3 Å². The van der Waals surface area contributed by atoms with Crippen molar-refractivity contribution in [1.82, 2.24) is 4.57 Å². The minimum atomic E-state index is -0.0643. The van der Waals surface area contributed by atoms with Crippen LogP contribution >= 0.6 is 20.8 Å². The van der Waals surface area contributed by atoms with E-state index in [-0.39, 0.29) is 5.56 Å². The number of hydrogen-bond acceptors (Lipinski definition) is 2. The molecule has 1 aromatic heterocycles. The van der Waals surface area contributed by atoms with Gasteiger partial charge in [-0.15, -0.1) is 9.24 Å². The second-order valence-electron chi connectivity index (χ2n) is 7.26. The van der Waals surface area contributed by atoms with Crippen molar-refractivity contribution in [2.45, 2.75) is 52.0 Å². The lowest BCUT2D eigenvalue weighted by Crippen LogP contribution is -2.35. The summed E-state index contributed by atoms with van der Waals surface area (Å²) in [4.78, 5) is 14.8. The summed E-state index contributed by atoms with van der Waals surface area (Å²) >= 11 is 6.43. The van der Waals surface area contributed by atoms with Gasteiger partial charge in [-0.25, -0.2) is 0 Å². The van der Waals surface area contributed by atoms with E-state index in [2.05, 4.69) is 46.2 Å². The molecule has 5 heteroatoms. The number of anilines is 1. The van der Waals surface area contributed by atoms with Crippen LogP contribution in [0.2, 0.25) is 5.02 Å². The van der Waals surface area contributed by atoms with Gasteiger partial charge in [0.25, 0.3) is 5.56 Å². The molecule has 3 rings (SSSR count). The number of unbranched alkanes of at least 4 members (excludes halogenated alkanes) is 1. The van der Waals surface area contributed by atoms with Gasteiger partial charge in [0.15, 0.2) is 0 Å². The Hall–Kier alpha value is -1.31. The van der Waals surface area contributed by atoms with E-state index in [9.17, 15) is 4.79 Å². The number of pyridine rings is 1. The van der Waals surface area contributed by atoms with Crippen LogP contribution in [0, 0.1) is 6.92 Å². The molecule has 1 aliphatic rings. The first-order valence-corrected chi connectivity index (χ1v) is 10.5. The quantitative estimate of drug-likeness (QED) is 0.702. The summed E-state index contributed by atoms with van der Waals surface area (Å²) in [6.45, 7) is 6.85. The average molecular weight is 391 g/mol. The van der Waals surface area contributed by atoms with Gasteiger partial charge in [-0.2, -0.15) is 0 Å². The molecule has 1 atom stereocenters. The molecule has 0 radical (unpaired) electrons. The number of benzene rings is 1. The van der Waals surface area contributed by atoms with Crippen molar-refractivity contribution in [2.24, 2.45) is 0 Å². The Bertz CT molecular complexity index is 825. The molecule has 140 valence electrons. The summed E-state index contributed by atoms with van der Waals surface area (Å²) in [5.74, 6) is 0.572. The van der Waals surface area contributed by atoms with E-state index in [0.717, 1.165) is 51.0 Å². The SMILES string of the molecule is CCCCn1ccc(N2CCC(c3ccc(C)cc3P)CC2)c(Cl)c1=O. The van der Waals surface area contributed by atoms with E-state index < -0.39 is 0 Å². The van der Waals surface area contributed by atoms with Gasteiger partial charge in [0.1, 0.15) is 5.02 Å². The van der Waals surface area contributed by atoms with Crippen LogP contribution in [0.1, 0.15) is 49.7 Å². The highest BCUT2D eigenvalue weighted by atomic mass is 35.5. The lowest BCUT2D eigenvalue weighted by molar-refractivity contribution is 0.506. The van der Waals surface area contributed by atoms with Gasteiger partial charge in [-0.1, -0.05) is 48.7 Å². The van der Waals surface area contributed by atoms with Crippen molar-refractivity contribution in [3.05, 3.63) is 57.0 Å². The maximum atomic E-state index is 12.5. The molecule has 2 aromatic rings. The van der Waals surface area contributed by atoms with Crippen LogP contribution in [0.4, 0.5) is 5.69 Å². The Kier molecular flexibility index (Phi) is 6.42. The zero-order valence-electron chi connectivity index (χ0n) is 15.7. The molecule has 1 aliphatic heterocycles. The largest absolute Gasteiger partial charge is 0.370 e. The smallest absolute Gasteiger partial charge is 0.271 e. The van der Waals surface area contributed by atoms with Crippen molar-refractivity contribution < 1.29 is 0 Å². The highest BCUT2D eigenvalue weighted by Crippen LogP contribution is 2.32. The first kappa shape index (κ1) is 19.5. The first-order valence-electron chi connectivity index (χ1n) is 9.51. The average Bonchev–Trinajstić information content (AvgIpc) is 2.63. The highest BCUT2D eigenvalue weighted by Gasteiger charge is 2.24. The van der Waals surface area contributed by atoms with Crippen molar-refractivity contribution in [3.63, 3.8) is 0 Å². The molecule has 0 aliphatic carbocycles. The van der Waals surface area contributed by atoms with E-state index in [4.69, 9.17) is 11.6 Å². The van der Waals surface area contributed by atoms with Crippen molar-refractivity contribution in [1.29, 1.82) is 0 Å². The fraction of sp³-hybridized carbons (Fsp3) is 0.476. The fourth-order valence-electron chi connectivity index (χ4n) is 3.78. The van der Waals surface area contributed by atoms with Gasteiger partial charge in [0.2, 0.25) is 0 Å². The summed E-state index contributed by atoms with van der Waals surface area (Å²) in [6, 6.07) is 8.70. The summed E-state index contributed by atoms with van der Waals surface area (Å²) in [5.41, 5.74) is 3.55. The number of halogens is 1. The molecule has 0 N–H and O–H groups in total. The topological polar surface area (TPSA) is 25.2 Å². The van der Waals surface area contributed by atoms with Gasteiger partial charge in [0, 0.05) is 25.8 Å². The van der Waals surface area contributed by atoms with Crippen LogP contribution in [0.25, 0.3) is 0 Å². The second kappa shape index (κ2) is 8.59. The minimum Gasteiger partial charge on any atom is -0.370 e. The Balaban J connectivity index is 1.72. The monoisotopic (exact) mass is 390 g/mol. The molecule has 1 saturated heterocycles. The number of nitrogens with zero attached hydrogens (tertiary/aromatic N) is 2. The van der Waals surface area contributed by atoms with Crippen LogP contribution in [-0.4, -0.2) is 17.7 Å². The van der Waals surface area contributed by atoms with E-state index >= 15 is 0 Å². The maximum Gasteiger partial charge on any atom is 0.271 e. The lowest BCUT2D eigenvalue weighted by Gasteiger charge is -2.34. The van der Waals surface area contributed by atoms with Gasteiger partial charge in [-0.05, 0) is 49.0 Å². The van der Waals surface area contributed by atoms with E-state index in [1.54, 1.807) is 4.57 Å². The lowest BCUT2D eigenvalue weighted by atomic mass is 9.88. The fourth-order valence-corrected chi connectivity index (χ4v) is 4.67. The standard InChI is InChI=1S/C21H28ClN2OP/c1-3-4-10-24-13-9-18(20(22)21(24)25)23-11-7-16(8-12-23)17-6-5-15(2)14-19(17)26/h5-6,9,13-14,16H,3-4,7-8,10-12,26H2,1-2H3. The van der Waals surface area contributed by atoms with Crippen molar-refractivity contribution in [2.75, 3.05) is 18.0 Å². The van der Waals surface area contributed by atoms with Gasteiger partial charge < -0.3 is 9.47 Å². The summed E-state index contributed by atoms with van der Waals surface area (Å²) in [5, 5.41) is 1.67. The van der Waals surface area contributed by atoms with E-state index in [1.807, 2.05) is 12.3 Å². The van der Waals surface area contributed by atoms with E-state index in [0.29, 0.717) is 10.9 Å². The Morgan fingerprint density at radius 1 is 1.23 bits per heavy atom. The molecular formula is C21H28ClN2OP.